The summed E-state index contributed by atoms with van der Waals surface area (Å²) in [6, 6.07) is 1.36. The molecule has 0 saturated carbocycles. The highest BCUT2D eigenvalue weighted by Crippen LogP contribution is 2.20. The van der Waals surface area contributed by atoms with Gasteiger partial charge in [-0.3, -0.25) is 4.79 Å². The third kappa shape index (κ3) is 4.63. The summed E-state index contributed by atoms with van der Waals surface area (Å²) in [5.74, 6) is -0.379. The van der Waals surface area contributed by atoms with Crippen molar-refractivity contribution in [1.29, 1.82) is 0 Å². The molecule has 0 aliphatic carbocycles. The average Bonchev–Trinajstić information content (AvgIpc) is 2.60. The smallest absolute Gasteiger partial charge is 0.250 e. The van der Waals surface area contributed by atoms with Gasteiger partial charge in [0.15, 0.2) is 0 Å². The fourth-order valence-corrected chi connectivity index (χ4v) is 3.27. The standard InChI is InChI=1S/C10H17N3O3S2/c1-10(2,3)13-8(14)5-12-18(15,16)9-4-7(11)6-17-9/h4,6,12H,5,11H2,1-3H3,(H,13,14). The van der Waals surface area contributed by atoms with E-state index in [-0.39, 0.29) is 16.7 Å². The zero-order valence-electron chi connectivity index (χ0n) is 10.5. The Labute approximate surface area is 111 Å². The van der Waals surface area contributed by atoms with E-state index in [2.05, 4.69) is 10.0 Å². The van der Waals surface area contributed by atoms with Gasteiger partial charge in [-0.05, 0) is 26.8 Å². The van der Waals surface area contributed by atoms with Gasteiger partial charge in [0, 0.05) is 16.6 Å². The molecule has 1 heterocycles. The molecule has 6 nitrogen and oxygen atoms in total. The highest BCUT2D eigenvalue weighted by Gasteiger charge is 2.19. The molecule has 4 N–H and O–H groups in total. The van der Waals surface area contributed by atoms with E-state index in [0.29, 0.717) is 5.69 Å². The summed E-state index contributed by atoms with van der Waals surface area (Å²) < 4.78 is 25.9. The molecular weight excluding hydrogens is 274 g/mol. The van der Waals surface area contributed by atoms with Crippen LogP contribution in [-0.4, -0.2) is 26.4 Å². The van der Waals surface area contributed by atoms with Crippen LogP contribution in [0.3, 0.4) is 0 Å². The zero-order chi connectivity index (χ0) is 14.0. The van der Waals surface area contributed by atoms with E-state index in [9.17, 15) is 13.2 Å². The number of hydrogen-bond donors (Lipinski definition) is 3. The van der Waals surface area contributed by atoms with Crippen molar-refractivity contribution < 1.29 is 13.2 Å². The van der Waals surface area contributed by atoms with E-state index >= 15 is 0 Å². The molecular formula is C10H17N3O3S2. The van der Waals surface area contributed by atoms with Crippen molar-refractivity contribution in [3.63, 3.8) is 0 Å². The van der Waals surface area contributed by atoms with Gasteiger partial charge in [0.25, 0.3) is 10.0 Å². The van der Waals surface area contributed by atoms with Crippen LogP contribution in [-0.2, 0) is 14.8 Å². The minimum absolute atomic E-state index is 0.101. The Bertz CT molecular complexity index is 529. The molecule has 0 aromatic carbocycles. The quantitative estimate of drug-likeness (QED) is 0.753. The summed E-state index contributed by atoms with van der Waals surface area (Å²) in [5.41, 5.74) is 5.45. The minimum atomic E-state index is -3.66. The first-order chi connectivity index (χ1) is 8.10. The lowest BCUT2D eigenvalue weighted by molar-refractivity contribution is -0.121. The molecule has 8 heteroatoms. The summed E-state index contributed by atoms with van der Waals surface area (Å²) in [5, 5.41) is 4.19. The number of rotatable bonds is 4. The first kappa shape index (κ1) is 14.9. The van der Waals surface area contributed by atoms with Gasteiger partial charge >= 0.3 is 0 Å². The fraction of sp³-hybridized carbons (Fsp3) is 0.500. The highest BCUT2D eigenvalue weighted by molar-refractivity contribution is 7.91. The molecule has 0 spiro atoms. The van der Waals surface area contributed by atoms with E-state index in [1.54, 1.807) is 0 Å². The number of carbonyl (C=O) groups excluding carboxylic acids is 1. The van der Waals surface area contributed by atoms with Crippen molar-refractivity contribution in [3.05, 3.63) is 11.4 Å². The lowest BCUT2D eigenvalue weighted by Gasteiger charge is -2.20. The number of anilines is 1. The van der Waals surface area contributed by atoms with E-state index < -0.39 is 15.6 Å². The average molecular weight is 291 g/mol. The summed E-state index contributed by atoms with van der Waals surface area (Å²) in [6.45, 7) is 5.16. The molecule has 0 atom stereocenters. The first-order valence-electron chi connectivity index (χ1n) is 5.25. The Balaban J connectivity index is 2.61. The second-order valence-corrected chi connectivity index (χ2v) is 7.73. The molecule has 0 saturated heterocycles. The van der Waals surface area contributed by atoms with Crippen LogP contribution < -0.4 is 15.8 Å². The Morgan fingerprint density at radius 3 is 2.50 bits per heavy atom. The van der Waals surface area contributed by atoms with Crippen LogP contribution in [0.25, 0.3) is 0 Å². The summed E-state index contributed by atoms with van der Waals surface area (Å²) in [4.78, 5) is 11.5. The van der Waals surface area contributed by atoms with Gasteiger partial charge in [0.05, 0.1) is 6.54 Å². The topological polar surface area (TPSA) is 101 Å². The van der Waals surface area contributed by atoms with Crippen LogP contribution in [0.4, 0.5) is 5.69 Å². The van der Waals surface area contributed by atoms with Crippen molar-refractivity contribution in [2.75, 3.05) is 12.3 Å². The molecule has 0 unspecified atom stereocenters. The molecule has 1 aromatic rings. The number of sulfonamides is 1. The number of amides is 1. The van der Waals surface area contributed by atoms with E-state index in [0.717, 1.165) is 11.3 Å². The predicted octanol–water partition coefficient (Wildman–Crippen LogP) is 0.523. The largest absolute Gasteiger partial charge is 0.398 e. The first-order valence-corrected chi connectivity index (χ1v) is 7.61. The fourth-order valence-electron chi connectivity index (χ4n) is 1.17. The minimum Gasteiger partial charge on any atom is -0.398 e. The normalized spacial score (nSPS) is 12.4. The summed E-state index contributed by atoms with van der Waals surface area (Å²) in [7, 11) is -3.66. The molecule has 1 amide bonds. The van der Waals surface area contributed by atoms with E-state index in [1.165, 1.54) is 11.4 Å². The van der Waals surface area contributed by atoms with Crippen molar-refractivity contribution in [2.45, 2.75) is 30.5 Å². The van der Waals surface area contributed by atoms with Crippen molar-refractivity contribution in [3.8, 4) is 0 Å². The lowest BCUT2D eigenvalue weighted by atomic mass is 10.1. The molecule has 0 bridgehead atoms. The number of carbonyl (C=O) groups is 1. The molecule has 0 radical (unpaired) electrons. The Morgan fingerprint density at radius 1 is 1.44 bits per heavy atom. The molecule has 0 aliphatic heterocycles. The van der Waals surface area contributed by atoms with Gasteiger partial charge < -0.3 is 11.1 Å². The summed E-state index contributed by atoms with van der Waals surface area (Å²) in [6.07, 6.45) is 0. The van der Waals surface area contributed by atoms with Crippen molar-refractivity contribution in [1.82, 2.24) is 10.0 Å². The monoisotopic (exact) mass is 291 g/mol. The summed E-state index contributed by atoms with van der Waals surface area (Å²) >= 11 is 1.01. The van der Waals surface area contributed by atoms with Gasteiger partial charge in [0.2, 0.25) is 5.91 Å². The van der Waals surface area contributed by atoms with Crippen LogP contribution in [0.5, 0.6) is 0 Å². The predicted molar refractivity (Wildman–Crippen MR) is 71.8 cm³/mol. The third-order valence-electron chi connectivity index (χ3n) is 1.80. The molecule has 0 fully saturated rings. The van der Waals surface area contributed by atoms with Crippen LogP contribution >= 0.6 is 11.3 Å². The van der Waals surface area contributed by atoms with Gasteiger partial charge in [-0.15, -0.1) is 11.3 Å². The zero-order valence-corrected chi connectivity index (χ0v) is 12.1. The molecule has 0 aliphatic rings. The van der Waals surface area contributed by atoms with Gasteiger partial charge in [-0.25, -0.2) is 13.1 Å². The van der Waals surface area contributed by atoms with Crippen LogP contribution in [0, 0.1) is 0 Å². The number of nitrogens with one attached hydrogen (secondary N) is 2. The van der Waals surface area contributed by atoms with Gasteiger partial charge in [-0.2, -0.15) is 0 Å². The van der Waals surface area contributed by atoms with Gasteiger partial charge in [0.1, 0.15) is 4.21 Å². The van der Waals surface area contributed by atoms with E-state index in [4.69, 9.17) is 5.73 Å². The Kier molecular flexibility index (Phi) is 4.36. The van der Waals surface area contributed by atoms with Gasteiger partial charge in [-0.1, -0.05) is 0 Å². The molecule has 18 heavy (non-hydrogen) atoms. The highest BCUT2D eigenvalue weighted by atomic mass is 32.2. The van der Waals surface area contributed by atoms with E-state index in [1.807, 2.05) is 20.8 Å². The maximum atomic E-state index is 11.8. The lowest BCUT2D eigenvalue weighted by Crippen LogP contribution is -2.45. The number of nitrogens with two attached hydrogens (primary N) is 1. The SMILES string of the molecule is CC(C)(C)NC(=O)CNS(=O)(=O)c1cc(N)cs1. The van der Waals surface area contributed by atoms with Crippen LogP contribution in [0.15, 0.2) is 15.7 Å². The Hall–Kier alpha value is -1.12. The Morgan fingerprint density at radius 2 is 2.06 bits per heavy atom. The van der Waals surface area contributed by atoms with Crippen molar-refractivity contribution in [2.24, 2.45) is 0 Å². The van der Waals surface area contributed by atoms with Crippen LogP contribution in [0.2, 0.25) is 0 Å². The maximum absolute atomic E-state index is 11.8. The number of thiophene rings is 1. The van der Waals surface area contributed by atoms with Crippen molar-refractivity contribution >= 4 is 33.0 Å². The number of nitrogen functional groups attached to an aromatic ring is 1. The third-order valence-corrected chi connectivity index (χ3v) is 4.66. The second kappa shape index (κ2) is 5.25. The molecule has 1 rings (SSSR count). The second-order valence-electron chi connectivity index (χ2n) is 4.82. The molecule has 1 aromatic heterocycles. The maximum Gasteiger partial charge on any atom is 0.250 e. The number of hydrogen-bond acceptors (Lipinski definition) is 5. The molecule has 102 valence electrons. The van der Waals surface area contributed by atoms with Crippen LogP contribution in [0.1, 0.15) is 20.8 Å².